The Kier molecular flexibility index (Phi) is 3.68. The van der Waals surface area contributed by atoms with E-state index in [0.717, 1.165) is 12.2 Å². The van der Waals surface area contributed by atoms with Gasteiger partial charge in [0.2, 0.25) is 5.91 Å². The number of carbonyl (C=O) groups is 1. The summed E-state index contributed by atoms with van der Waals surface area (Å²) in [6, 6.07) is 7.86. The molecule has 2 fully saturated rings. The van der Waals surface area contributed by atoms with Gasteiger partial charge in [-0.2, -0.15) is 0 Å². The molecule has 1 heterocycles. The summed E-state index contributed by atoms with van der Waals surface area (Å²) < 4.78 is 0. The van der Waals surface area contributed by atoms with Crippen LogP contribution < -0.4 is 11.1 Å². The van der Waals surface area contributed by atoms with Gasteiger partial charge in [0.05, 0.1) is 6.54 Å². The summed E-state index contributed by atoms with van der Waals surface area (Å²) in [6.07, 6.45) is 3.68. The van der Waals surface area contributed by atoms with Gasteiger partial charge >= 0.3 is 0 Å². The van der Waals surface area contributed by atoms with Gasteiger partial charge < -0.3 is 11.1 Å². The number of nitrogens with zero attached hydrogens (tertiary/aromatic N) is 1. The molecule has 22 heavy (non-hydrogen) atoms. The second-order valence-corrected chi connectivity index (χ2v) is 8.29. The average molecular weight is 301 g/mol. The van der Waals surface area contributed by atoms with Gasteiger partial charge in [0.15, 0.2) is 0 Å². The van der Waals surface area contributed by atoms with Gasteiger partial charge in [-0.05, 0) is 54.4 Å². The number of fused-ring (bicyclic) bond motifs is 2. The molecule has 2 atom stereocenters. The Bertz CT molecular complexity index is 566. The topological polar surface area (TPSA) is 58.4 Å². The van der Waals surface area contributed by atoms with Gasteiger partial charge in [-0.3, -0.25) is 9.69 Å². The lowest BCUT2D eigenvalue weighted by Gasteiger charge is -2.39. The fourth-order valence-corrected chi connectivity index (χ4v) is 4.71. The van der Waals surface area contributed by atoms with Crippen molar-refractivity contribution in [3.63, 3.8) is 0 Å². The predicted octanol–water partition coefficient (Wildman–Crippen LogP) is 3.11. The van der Waals surface area contributed by atoms with E-state index in [-0.39, 0.29) is 5.91 Å². The van der Waals surface area contributed by atoms with Crippen LogP contribution in [-0.4, -0.2) is 29.9 Å². The Hall–Kier alpha value is -1.55. The first-order valence-corrected chi connectivity index (χ1v) is 8.14. The molecule has 1 saturated heterocycles. The Balaban J connectivity index is 1.62. The van der Waals surface area contributed by atoms with Crippen LogP contribution in [-0.2, 0) is 4.79 Å². The lowest BCUT2D eigenvalue weighted by Crippen LogP contribution is -2.38. The highest BCUT2D eigenvalue weighted by Gasteiger charge is 2.49. The lowest BCUT2D eigenvalue weighted by atomic mass is 9.65. The van der Waals surface area contributed by atoms with E-state index in [2.05, 4.69) is 31.0 Å². The second-order valence-electron chi connectivity index (χ2n) is 8.29. The zero-order valence-electron chi connectivity index (χ0n) is 13.9. The van der Waals surface area contributed by atoms with Gasteiger partial charge in [0.1, 0.15) is 0 Å². The molecular formula is C18H27N3O. The Morgan fingerprint density at radius 2 is 1.95 bits per heavy atom. The van der Waals surface area contributed by atoms with Gasteiger partial charge in [-0.25, -0.2) is 0 Å². The summed E-state index contributed by atoms with van der Waals surface area (Å²) in [4.78, 5) is 14.7. The summed E-state index contributed by atoms with van der Waals surface area (Å²) in [6.45, 7) is 8.61. The molecule has 1 aliphatic heterocycles. The third-order valence-corrected chi connectivity index (χ3v) is 5.06. The van der Waals surface area contributed by atoms with Crippen LogP contribution >= 0.6 is 0 Å². The number of benzene rings is 1. The zero-order valence-corrected chi connectivity index (χ0v) is 13.9. The zero-order chi connectivity index (χ0) is 16.0. The summed E-state index contributed by atoms with van der Waals surface area (Å²) in [7, 11) is 0. The van der Waals surface area contributed by atoms with E-state index in [9.17, 15) is 4.79 Å². The molecule has 1 aromatic rings. The molecule has 1 amide bonds. The van der Waals surface area contributed by atoms with Crippen LogP contribution in [0.15, 0.2) is 24.3 Å². The molecule has 2 unspecified atom stereocenters. The second kappa shape index (κ2) is 5.27. The van der Waals surface area contributed by atoms with Crippen molar-refractivity contribution in [3.8, 4) is 0 Å². The highest BCUT2D eigenvalue weighted by molar-refractivity contribution is 5.92. The van der Waals surface area contributed by atoms with Crippen molar-refractivity contribution in [2.24, 2.45) is 10.8 Å². The van der Waals surface area contributed by atoms with Gasteiger partial charge in [-0.1, -0.05) is 20.8 Å². The van der Waals surface area contributed by atoms with Gasteiger partial charge in [0, 0.05) is 24.0 Å². The van der Waals surface area contributed by atoms with Gasteiger partial charge in [-0.15, -0.1) is 0 Å². The Morgan fingerprint density at radius 1 is 1.27 bits per heavy atom. The number of nitrogen functional groups attached to an aromatic ring is 1. The molecule has 3 rings (SSSR count). The number of hydrogen-bond donors (Lipinski definition) is 2. The Labute approximate surface area is 133 Å². The molecule has 120 valence electrons. The first-order valence-electron chi connectivity index (χ1n) is 8.14. The molecule has 1 aliphatic carbocycles. The van der Waals surface area contributed by atoms with Gasteiger partial charge in [0.25, 0.3) is 0 Å². The molecule has 3 N–H and O–H groups in total. The third kappa shape index (κ3) is 3.27. The van der Waals surface area contributed by atoms with Crippen LogP contribution in [0.4, 0.5) is 11.4 Å². The maximum atomic E-state index is 12.3. The van der Waals surface area contributed by atoms with Crippen molar-refractivity contribution in [1.82, 2.24) is 4.90 Å². The quantitative estimate of drug-likeness (QED) is 0.843. The van der Waals surface area contributed by atoms with E-state index in [1.165, 1.54) is 19.3 Å². The van der Waals surface area contributed by atoms with Crippen molar-refractivity contribution in [1.29, 1.82) is 0 Å². The lowest BCUT2D eigenvalue weighted by molar-refractivity contribution is -0.117. The average Bonchev–Trinajstić information content (AvgIpc) is 2.61. The van der Waals surface area contributed by atoms with E-state index in [4.69, 9.17) is 5.73 Å². The molecule has 0 radical (unpaired) electrons. The largest absolute Gasteiger partial charge is 0.399 e. The van der Waals surface area contributed by atoms with E-state index in [1.54, 1.807) is 0 Å². The Morgan fingerprint density at radius 3 is 2.64 bits per heavy atom. The fraction of sp³-hybridized carbons (Fsp3) is 0.611. The van der Waals surface area contributed by atoms with E-state index in [1.807, 2.05) is 24.3 Å². The fourth-order valence-electron chi connectivity index (χ4n) is 4.71. The molecule has 0 aromatic heterocycles. The monoisotopic (exact) mass is 301 g/mol. The maximum Gasteiger partial charge on any atom is 0.238 e. The summed E-state index contributed by atoms with van der Waals surface area (Å²) in [5, 5.41) is 2.97. The van der Waals surface area contributed by atoms with Crippen molar-refractivity contribution in [3.05, 3.63) is 24.3 Å². The number of rotatable bonds is 3. The molecule has 1 saturated carbocycles. The third-order valence-electron chi connectivity index (χ3n) is 5.06. The van der Waals surface area contributed by atoms with Crippen molar-refractivity contribution < 1.29 is 4.79 Å². The van der Waals surface area contributed by atoms with Crippen LogP contribution in [0.1, 0.15) is 40.0 Å². The van der Waals surface area contributed by atoms with E-state index < -0.39 is 0 Å². The number of amides is 1. The number of hydrogen-bond acceptors (Lipinski definition) is 3. The van der Waals surface area contributed by atoms with Crippen molar-refractivity contribution in [2.45, 2.75) is 46.1 Å². The summed E-state index contributed by atoms with van der Waals surface area (Å²) >= 11 is 0. The number of anilines is 2. The SMILES string of the molecule is CC1(C)CC2CC(C)(CN2CC(=O)Nc2ccc(N)cc2)C1. The molecule has 2 aliphatic rings. The minimum absolute atomic E-state index is 0.0683. The molecule has 4 nitrogen and oxygen atoms in total. The van der Waals surface area contributed by atoms with Crippen LogP contribution in [0.25, 0.3) is 0 Å². The first kappa shape index (κ1) is 15.3. The van der Waals surface area contributed by atoms with Crippen molar-refractivity contribution >= 4 is 17.3 Å². The van der Waals surface area contributed by atoms with Crippen LogP contribution in [0.3, 0.4) is 0 Å². The molecule has 1 aromatic carbocycles. The molecule has 4 heteroatoms. The van der Waals surface area contributed by atoms with E-state index in [0.29, 0.717) is 29.1 Å². The number of nitrogens with two attached hydrogens (primary N) is 1. The highest BCUT2D eigenvalue weighted by Crippen LogP contribution is 2.52. The predicted molar refractivity (Wildman–Crippen MR) is 90.6 cm³/mol. The molecule has 2 bridgehead atoms. The van der Waals surface area contributed by atoms with Crippen molar-refractivity contribution in [2.75, 3.05) is 24.1 Å². The normalized spacial score (nSPS) is 30.2. The summed E-state index contributed by atoms with van der Waals surface area (Å²) in [5.41, 5.74) is 7.95. The molecule has 0 spiro atoms. The van der Waals surface area contributed by atoms with Crippen LogP contribution in [0.5, 0.6) is 0 Å². The maximum absolute atomic E-state index is 12.3. The minimum atomic E-state index is 0.0683. The minimum Gasteiger partial charge on any atom is -0.399 e. The number of likely N-dealkylation sites (tertiary alicyclic amines) is 1. The highest BCUT2D eigenvalue weighted by atomic mass is 16.2. The first-order chi connectivity index (χ1) is 10.2. The standard InChI is InChI=1S/C18H27N3O/c1-17(2)8-15-9-18(3,11-17)12-21(15)10-16(22)20-14-6-4-13(19)5-7-14/h4-7,15H,8-12,19H2,1-3H3,(H,20,22). The van der Waals surface area contributed by atoms with E-state index >= 15 is 0 Å². The number of carbonyl (C=O) groups excluding carboxylic acids is 1. The smallest absolute Gasteiger partial charge is 0.238 e. The molecular weight excluding hydrogens is 274 g/mol. The van der Waals surface area contributed by atoms with Crippen LogP contribution in [0, 0.1) is 10.8 Å². The summed E-state index contributed by atoms with van der Waals surface area (Å²) in [5.74, 6) is 0.0683. The van der Waals surface area contributed by atoms with Crippen LogP contribution in [0.2, 0.25) is 0 Å². The number of nitrogens with one attached hydrogen (secondary N) is 1.